The Morgan fingerprint density at radius 1 is 1.03 bits per heavy atom. The van der Waals surface area contributed by atoms with Crippen LogP contribution in [0.1, 0.15) is 34.2 Å². The second kappa shape index (κ2) is 9.78. The Labute approximate surface area is 199 Å². The van der Waals surface area contributed by atoms with Gasteiger partial charge < -0.3 is 10.1 Å². The highest BCUT2D eigenvalue weighted by Crippen LogP contribution is 2.22. The van der Waals surface area contributed by atoms with Crippen LogP contribution in [-0.4, -0.2) is 54.6 Å². The smallest absolute Gasteiger partial charge is 0.338 e. The number of carbonyl (C=O) groups is 2. The van der Waals surface area contributed by atoms with Gasteiger partial charge in [-0.15, -0.1) is 0 Å². The van der Waals surface area contributed by atoms with Crippen LogP contribution in [0.5, 0.6) is 0 Å². The SMILES string of the molecule is Cc1cc(C)n(-c2ccc(C(=O)O[C@@H](C)C(=O)Nc3cc(S(=O)(=O)N(C)C)ccc3C)cc2)n1. The maximum atomic E-state index is 12.6. The van der Waals surface area contributed by atoms with Crippen LogP contribution in [0.15, 0.2) is 53.4 Å². The Kier molecular flexibility index (Phi) is 7.23. The van der Waals surface area contributed by atoms with E-state index in [1.807, 2.05) is 19.9 Å². The van der Waals surface area contributed by atoms with Gasteiger partial charge in [0.2, 0.25) is 10.0 Å². The number of sulfonamides is 1. The molecule has 0 unspecified atom stereocenters. The van der Waals surface area contributed by atoms with E-state index in [9.17, 15) is 18.0 Å². The molecule has 0 aliphatic rings. The first-order valence-electron chi connectivity index (χ1n) is 10.6. The van der Waals surface area contributed by atoms with Crippen molar-refractivity contribution in [2.24, 2.45) is 0 Å². The lowest BCUT2D eigenvalue weighted by atomic mass is 10.2. The predicted molar refractivity (Wildman–Crippen MR) is 129 cm³/mol. The molecule has 34 heavy (non-hydrogen) atoms. The van der Waals surface area contributed by atoms with Crippen LogP contribution in [-0.2, 0) is 19.6 Å². The molecule has 0 radical (unpaired) electrons. The summed E-state index contributed by atoms with van der Waals surface area (Å²) >= 11 is 0. The summed E-state index contributed by atoms with van der Waals surface area (Å²) in [6, 6.07) is 13.1. The van der Waals surface area contributed by atoms with Crippen LogP contribution in [0.2, 0.25) is 0 Å². The standard InChI is InChI=1S/C24H28N4O5S/c1-15-7-12-21(34(31,32)27(5)6)14-22(15)25-23(29)18(4)33-24(30)19-8-10-20(11-9-19)28-17(3)13-16(2)26-28/h7-14,18H,1-6H3,(H,25,29)/t18-/m0/s1. The number of hydrogen-bond donors (Lipinski definition) is 1. The average Bonchev–Trinajstić information content (AvgIpc) is 3.12. The Bertz CT molecular complexity index is 1330. The van der Waals surface area contributed by atoms with Crippen molar-refractivity contribution in [2.75, 3.05) is 19.4 Å². The first-order chi connectivity index (χ1) is 15.9. The zero-order valence-corrected chi connectivity index (χ0v) is 20.8. The molecule has 0 aliphatic heterocycles. The first-order valence-corrected chi connectivity index (χ1v) is 12.0. The maximum absolute atomic E-state index is 12.6. The molecule has 3 aromatic rings. The molecule has 0 fully saturated rings. The Balaban J connectivity index is 1.69. The molecule has 2 aromatic carbocycles. The summed E-state index contributed by atoms with van der Waals surface area (Å²) < 4.78 is 33.0. The van der Waals surface area contributed by atoms with Crippen LogP contribution in [0.3, 0.4) is 0 Å². The summed E-state index contributed by atoms with van der Waals surface area (Å²) in [6.07, 6.45) is -1.10. The predicted octanol–water partition coefficient (Wildman–Crippen LogP) is 3.23. The molecule has 1 atom stereocenters. The lowest BCUT2D eigenvalue weighted by molar-refractivity contribution is -0.123. The Morgan fingerprint density at radius 3 is 2.24 bits per heavy atom. The summed E-state index contributed by atoms with van der Waals surface area (Å²) in [4.78, 5) is 25.2. The summed E-state index contributed by atoms with van der Waals surface area (Å²) in [5, 5.41) is 7.06. The third-order valence-electron chi connectivity index (χ3n) is 5.26. The minimum absolute atomic E-state index is 0.0470. The molecule has 9 nitrogen and oxygen atoms in total. The average molecular weight is 485 g/mol. The normalized spacial score (nSPS) is 12.4. The van der Waals surface area contributed by atoms with Crippen LogP contribution >= 0.6 is 0 Å². The van der Waals surface area contributed by atoms with Gasteiger partial charge in [0.05, 0.1) is 21.8 Å². The molecule has 1 heterocycles. The quantitative estimate of drug-likeness (QED) is 0.516. The van der Waals surface area contributed by atoms with E-state index in [0.717, 1.165) is 21.4 Å². The van der Waals surface area contributed by atoms with Crippen LogP contribution < -0.4 is 5.32 Å². The molecule has 0 saturated heterocycles. The van der Waals surface area contributed by atoms with Gasteiger partial charge in [-0.1, -0.05) is 6.07 Å². The zero-order valence-electron chi connectivity index (χ0n) is 20.0. The maximum Gasteiger partial charge on any atom is 0.338 e. The van der Waals surface area contributed by atoms with E-state index < -0.39 is 28.0 Å². The topological polar surface area (TPSA) is 111 Å². The summed E-state index contributed by atoms with van der Waals surface area (Å²) in [5.74, 6) is -1.22. The van der Waals surface area contributed by atoms with Gasteiger partial charge in [0.25, 0.3) is 5.91 Å². The van der Waals surface area contributed by atoms with Gasteiger partial charge in [-0.3, -0.25) is 4.79 Å². The highest BCUT2D eigenvalue weighted by Gasteiger charge is 2.22. The van der Waals surface area contributed by atoms with Crippen molar-refractivity contribution < 1.29 is 22.7 Å². The van der Waals surface area contributed by atoms with Crippen LogP contribution in [0.25, 0.3) is 5.69 Å². The second-order valence-electron chi connectivity index (χ2n) is 8.19. The van der Waals surface area contributed by atoms with Gasteiger partial charge in [-0.05, 0) is 75.7 Å². The van der Waals surface area contributed by atoms with Gasteiger partial charge in [0, 0.05) is 25.5 Å². The molecule has 0 spiro atoms. The third kappa shape index (κ3) is 5.35. The number of nitrogens with zero attached hydrogens (tertiary/aromatic N) is 3. The summed E-state index contributed by atoms with van der Waals surface area (Å²) in [6.45, 7) is 7.03. The van der Waals surface area contributed by atoms with Crippen LogP contribution in [0, 0.1) is 20.8 Å². The number of ether oxygens (including phenoxy) is 1. The lowest BCUT2D eigenvalue weighted by Gasteiger charge is -2.17. The molecular formula is C24H28N4O5S. The summed E-state index contributed by atoms with van der Waals surface area (Å²) in [5.41, 5.74) is 3.95. The van der Waals surface area contributed by atoms with Crippen molar-refractivity contribution in [1.29, 1.82) is 0 Å². The summed E-state index contributed by atoms with van der Waals surface area (Å²) in [7, 11) is -0.803. The number of esters is 1. The van der Waals surface area contributed by atoms with E-state index in [0.29, 0.717) is 16.8 Å². The molecule has 1 aromatic heterocycles. The Hall–Kier alpha value is -3.50. The number of nitrogens with one attached hydrogen (secondary N) is 1. The van der Waals surface area contributed by atoms with E-state index in [2.05, 4.69) is 10.4 Å². The molecular weight excluding hydrogens is 456 g/mol. The molecule has 180 valence electrons. The number of rotatable bonds is 7. The van der Waals surface area contributed by atoms with Gasteiger partial charge in [0.15, 0.2) is 6.10 Å². The van der Waals surface area contributed by atoms with Crippen molar-refractivity contribution in [3.05, 3.63) is 71.0 Å². The number of amides is 1. The molecule has 10 heteroatoms. The van der Waals surface area contributed by atoms with Crippen molar-refractivity contribution in [3.63, 3.8) is 0 Å². The molecule has 0 aliphatic carbocycles. The molecule has 1 amide bonds. The van der Waals surface area contributed by atoms with E-state index in [1.165, 1.54) is 33.2 Å². The molecule has 0 saturated carbocycles. The van der Waals surface area contributed by atoms with Crippen molar-refractivity contribution in [2.45, 2.75) is 38.7 Å². The van der Waals surface area contributed by atoms with Gasteiger partial charge in [0.1, 0.15) is 0 Å². The number of hydrogen-bond acceptors (Lipinski definition) is 6. The fraction of sp³-hybridized carbons (Fsp3) is 0.292. The highest BCUT2D eigenvalue weighted by atomic mass is 32.2. The van der Waals surface area contributed by atoms with Gasteiger partial charge >= 0.3 is 5.97 Å². The number of aromatic nitrogens is 2. The van der Waals surface area contributed by atoms with Crippen molar-refractivity contribution in [1.82, 2.24) is 14.1 Å². The van der Waals surface area contributed by atoms with Crippen molar-refractivity contribution in [3.8, 4) is 5.69 Å². The minimum Gasteiger partial charge on any atom is -0.449 e. The number of carbonyl (C=O) groups excluding carboxylic acids is 2. The van der Waals surface area contributed by atoms with Crippen LogP contribution in [0.4, 0.5) is 5.69 Å². The molecule has 1 N–H and O–H groups in total. The molecule has 0 bridgehead atoms. The minimum atomic E-state index is -3.66. The van der Waals surface area contributed by atoms with E-state index in [4.69, 9.17) is 4.74 Å². The third-order valence-corrected chi connectivity index (χ3v) is 7.07. The van der Waals surface area contributed by atoms with E-state index in [1.54, 1.807) is 41.9 Å². The fourth-order valence-corrected chi connectivity index (χ4v) is 4.18. The fourth-order valence-electron chi connectivity index (χ4n) is 3.25. The Morgan fingerprint density at radius 2 is 1.68 bits per heavy atom. The van der Waals surface area contributed by atoms with E-state index >= 15 is 0 Å². The van der Waals surface area contributed by atoms with Gasteiger partial charge in [-0.25, -0.2) is 22.2 Å². The first kappa shape index (κ1) is 25.1. The highest BCUT2D eigenvalue weighted by molar-refractivity contribution is 7.89. The largest absolute Gasteiger partial charge is 0.449 e. The number of anilines is 1. The number of benzene rings is 2. The molecule has 3 rings (SSSR count). The zero-order chi connectivity index (χ0) is 25.2. The monoisotopic (exact) mass is 484 g/mol. The van der Waals surface area contributed by atoms with E-state index in [-0.39, 0.29) is 4.90 Å². The number of aryl methyl sites for hydroxylation is 3. The second-order valence-corrected chi connectivity index (χ2v) is 10.3. The van der Waals surface area contributed by atoms with Gasteiger partial charge in [-0.2, -0.15) is 5.10 Å². The van der Waals surface area contributed by atoms with Crippen molar-refractivity contribution >= 4 is 27.6 Å². The lowest BCUT2D eigenvalue weighted by Crippen LogP contribution is -2.30.